The maximum atomic E-state index is 6.25. The lowest BCUT2D eigenvalue weighted by molar-refractivity contribution is -0.148. The highest BCUT2D eigenvalue weighted by molar-refractivity contribution is 4.72. The highest BCUT2D eigenvalue weighted by Crippen LogP contribution is 2.16. The van der Waals surface area contributed by atoms with Crippen molar-refractivity contribution in [2.45, 2.75) is 226 Å². The molecule has 0 amide bonds. The minimum atomic E-state index is 0.00839. The minimum Gasteiger partial charge on any atom is -0.475 e. The number of unbranched alkanes of at least 4 members (excludes halogenated alkanes) is 26. The quantitative estimate of drug-likeness (QED) is 0.0380. The van der Waals surface area contributed by atoms with E-state index in [9.17, 15) is 0 Å². The summed E-state index contributed by atoms with van der Waals surface area (Å²) in [6, 6.07) is 0. The molecule has 0 aromatic heterocycles. The molecular formula is C41H82O4. The van der Waals surface area contributed by atoms with Crippen LogP contribution in [-0.4, -0.2) is 32.9 Å². The van der Waals surface area contributed by atoms with E-state index in [0.29, 0.717) is 6.79 Å². The van der Waals surface area contributed by atoms with Gasteiger partial charge in [0.15, 0.2) is 13.1 Å². The van der Waals surface area contributed by atoms with Crippen LogP contribution in [0.2, 0.25) is 0 Å². The minimum absolute atomic E-state index is 0.00839. The van der Waals surface area contributed by atoms with Crippen LogP contribution in [0.3, 0.4) is 0 Å². The molecule has 270 valence electrons. The van der Waals surface area contributed by atoms with Crippen molar-refractivity contribution in [2.75, 3.05) is 26.6 Å². The fourth-order valence-corrected chi connectivity index (χ4v) is 5.84. The summed E-state index contributed by atoms with van der Waals surface area (Å²) in [6.45, 7) is 9.78. The van der Waals surface area contributed by atoms with Crippen LogP contribution in [0, 0.1) is 0 Å². The van der Waals surface area contributed by atoms with Crippen molar-refractivity contribution in [3.63, 3.8) is 0 Å². The first kappa shape index (κ1) is 44.4. The van der Waals surface area contributed by atoms with Gasteiger partial charge in [-0.05, 0) is 51.0 Å². The Bertz CT molecular complexity index is 516. The summed E-state index contributed by atoms with van der Waals surface area (Å²) in [6.07, 6.45) is 44.5. The molecule has 0 aliphatic rings. The predicted molar refractivity (Wildman–Crippen MR) is 197 cm³/mol. The number of hydrogen-bond donors (Lipinski definition) is 0. The normalized spacial score (nSPS) is 11.8. The number of ether oxygens (including phenoxy) is 4. The maximum absolute atomic E-state index is 6.25. The van der Waals surface area contributed by atoms with Crippen molar-refractivity contribution in [2.24, 2.45) is 0 Å². The van der Waals surface area contributed by atoms with Crippen molar-refractivity contribution in [1.82, 2.24) is 0 Å². The van der Waals surface area contributed by atoms with Gasteiger partial charge in [0.05, 0.1) is 12.9 Å². The summed E-state index contributed by atoms with van der Waals surface area (Å²) < 4.78 is 23.5. The van der Waals surface area contributed by atoms with Crippen LogP contribution < -0.4 is 0 Å². The fourth-order valence-electron chi connectivity index (χ4n) is 5.84. The summed E-state index contributed by atoms with van der Waals surface area (Å²) >= 11 is 0. The van der Waals surface area contributed by atoms with Crippen LogP contribution in [0.15, 0.2) is 12.3 Å². The molecule has 0 unspecified atom stereocenters. The predicted octanol–water partition coefficient (Wildman–Crippen LogP) is 14.0. The van der Waals surface area contributed by atoms with Crippen LogP contribution in [0.4, 0.5) is 0 Å². The van der Waals surface area contributed by atoms with E-state index >= 15 is 0 Å². The summed E-state index contributed by atoms with van der Waals surface area (Å²) in [4.78, 5) is 0. The largest absolute Gasteiger partial charge is 0.475 e. The molecule has 0 spiro atoms. The second-order valence-electron chi connectivity index (χ2n) is 13.5. The van der Waals surface area contributed by atoms with E-state index < -0.39 is 0 Å². The van der Waals surface area contributed by atoms with Crippen LogP contribution in [0.1, 0.15) is 220 Å². The molecule has 0 fully saturated rings. The zero-order chi connectivity index (χ0) is 32.6. The second-order valence-corrected chi connectivity index (χ2v) is 13.5. The number of hydrogen-bond acceptors (Lipinski definition) is 4. The van der Waals surface area contributed by atoms with Gasteiger partial charge in [-0.25, -0.2) is 0 Å². The lowest BCUT2D eigenvalue weighted by Gasteiger charge is -2.19. The van der Waals surface area contributed by atoms with Crippen LogP contribution in [0.5, 0.6) is 0 Å². The monoisotopic (exact) mass is 639 g/mol. The molecule has 0 heterocycles. The third-order valence-electron chi connectivity index (χ3n) is 8.90. The lowest BCUT2D eigenvalue weighted by Crippen LogP contribution is -2.19. The van der Waals surface area contributed by atoms with Crippen molar-refractivity contribution in [3.05, 3.63) is 12.3 Å². The van der Waals surface area contributed by atoms with Crippen LogP contribution >= 0.6 is 0 Å². The zero-order valence-corrected chi connectivity index (χ0v) is 31.1. The summed E-state index contributed by atoms with van der Waals surface area (Å²) in [7, 11) is 0. The van der Waals surface area contributed by atoms with Gasteiger partial charge in [0.25, 0.3) is 0 Å². The van der Waals surface area contributed by atoms with Crippen molar-refractivity contribution in [1.29, 1.82) is 0 Å². The average molecular weight is 639 g/mol. The van der Waals surface area contributed by atoms with E-state index in [1.807, 2.05) is 6.26 Å². The Morgan fingerprint density at radius 2 is 0.778 bits per heavy atom. The smallest absolute Gasteiger partial charge is 0.188 e. The maximum Gasteiger partial charge on any atom is 0.188 e. The molecule has 0 bridgehead atoms. The molecule has 0 rings (SSSR count). The van der Waals surface area contributed by atoms with Crippen LogP contribution in [-0.2, 0) is 18.9 Å². The first-order chi connectivity index (χ1) is 22.3. The average Bonchev–Trinajstić information content (AvgIpc) is 3.05. The van der Waals surface area contributed by atoms with Gasteiger partial charge in [-0.1, -0.05) is 175 Å². The summed E-state index contributed by atoms with van der Waals surface area (Å²) in [5.74, 6) is 0. The highest BCUT2D eigenvalue weighted by atomic mass is 16.7. The zero-order valence-electron chi connectivity index (χ0n) is 31.1. The molecule has 0 saturated carbocycles. The second kappa shape index (κ2) is 41.4. The third-order valence-corrected chi connectivity index (χ3v) is 8.90. The Labute approximate surface area is 283 Å². The van der Waals surface area contributed by atoms with Gasteiger partial charge in [0, 0.05) is 13.2 Å². The molecule has 0 aromatic carbocycles. The van der Waals surface area contributed by atoms with Gasteiger partial charge in [-0.3, -0.25) is 0 Å². The van der Waals surface area contributed by atoms with E-state index in [4.69, 9.17) is 18.9 Å². The number of rotatable bonds is 40. The van der Waals surface area contributed by atoms with Gasteiger partial charge >= 0.3 is 0 Å². The Hall–Kier alpha value is -0.580. The summed E-state index contributed by atoms with van der Waals surface area (Å²) in [5, 5.41) is 0. The molecular weight excluding hydrogens is 556 g/mol. The molecule has 45 heavy (non-hydrogen) atoms. The SMILES string of the molecule is CCCCCCCCCCOC(CCCCCCCCCC=COCOCCCCCCCC)OCCCCCCCCCC. The molecule has 0 aromatic rings. The van der Waals surface area contributed by atoms with E-state index in [-0.39, 0.29) is 6.29 Å². The summed E-state index contributed by atoms with van der Waals surface area (Å²) in [5.41, 5.74) is 0. The van der Waals surface area contributed by atoms with E-state index in [2.05, 4.69) is 26.8 Å². The Balaban J connectivity index is 3.79. The Kier molecular flexibility index (Phi) is 40.9. The van der Waals surface area contributed by atoms with Gasteiger partial charge in [-0.15, -0.1) is 0 Å². The van der Waals surface area contributed by atoms with Gasteiger partial charge < -0.3 is 18.9 Å². The van der Waals surface area contributed by atoms with Crippen molar-refractivity contribution in [3.8, 4) is 0 Å². The van der Waals surface area contributed by atoms with E-state index in [1.54, 1.807) is 0 Å². The van der Waals surface area contributed by atoms with E-state index in [1.165, 1.54) is 180 Å². The van der Waals surface area contributed by atoms with Crippen LogP contribution in [0.25, 0.3) is 0 Å². The van der Waals surface area contributed by atoms with Gasteiger partial charge in [0.2, 0.25) is 0 Å². The molecule has 0 radical (unpaired) electrons. The Morgan fingerprint density at radius 1 is 0.400 bits per heavy atom. The first-order valence-electron chi connectivity index (χ1n) is 20.4. The topological polar surface area (TPSA) is 36.9 Å². The van der Waals surface area contributed by atoms with Crippen molar-refractivity contribution < 1.29 is 18.9 Å². The molecule has 4 heteroatoms. The first-order valence-corrected chi connectivity index (χ1v) is 20.4. The molecule has 4 nitrogen and oxygen atoms in total. The van der Waals surface area contributed by atoms with E-state index in [0.717, 1.165) is 39.1 Å². The molecule has 0 aliphatic carbocycles. The van der Waals surface area contributed by atoms with Gasteiger partial charge in [-0.2, -0.15) is 0 Å². The Morgan fingerprint density at radius 3 is 1.24 bits per heavy atom. The lowest BCUT2D eigenvalue weighted by atomic mass is 10.1. The van der Waals surface area contributed by atoms with Crippen molar-refractivity contribution >= 4 is 0 Å². The van der Waals surface area contributed by atoms with Gasteiger partial charge in [0.1, 0.15) is 0 Å². The molecule has 0 saturated heterocycles. The number of allylic oxidation sites excluding steroid dienone is 1. The third kappa shape index (κ3) is 39.5. The molecule has 0 aliphatic heterocycles. The standard InChI is InChI=1S/C41H82O4/c1-4-7-10-13-16-23-28-33-38-44-41(45-39-34-29-24-17-14-11-8-5-2)35-30-25-21-19-18-20-22-27-32-37-43-40-42-36-31-26-15-12-9-6-3/h32,37,41H,4-31,33-36,38-40H2,1-3H3. The molecule has 0 atom stereocenters. The molecule has 0 N–H and O–H groups in total. The highest BCUT2D eigenvalue weighted by Gasteiger charge is 2.09. The fraction of sp³-hybridized carbons (Fsp3) is 0.951.